The standard InChI is InChI=1S/C14H17N5/c1-9-16-5-4-13(18-9)14-17-8-11-6-10(7-15)2-3-12(11)19-14/h4-5,8,10H,2-3,6-7,15H2,1H3. The summed E-state index contributed by atoms with van der Waals surface area (Å²) in [4.78, 5) is 17.5. The molecule has 0 spiro atoms. The van der Waals surface area contributed by atoms with Gasteiger partial charge in [0.25, 0.3) is 0 Å². The number of fused-ring (bicyclic) bond motifs is 1. The van der Waals surface area contributed by atoms with Crippen molar-refractivity contribution in [1.29, 1.82) is 0 Å². The van der Waals surface area contributed by atoms with Gasteiger partial charge < -0.3 is 5.73 Å². The molecule has 5 heteroatoms. The molecule has 5 nitrogen and oxygen atoms in total. The number of hydrogen-bond acceptors (Lipinski definition) is 5. The van der Waals surface area contributed by atoms with Crippen molar-refractivity contribution in [2.45, 2.75) is 26.2 Å². The molecule has 2 aromatic rings. The second-order valence-electron chi connectivity index (χ2n) is 5.00. The summed E-state index contributed by atoms with van der Waals surface area (Å²) in [5.41, 5.74) is 8.91. The molecular weight excluding hydrogens is 238 g/mol. The first-order chi connectivity index (χ1) is 9.26. The normalized spacial score (nSPS) is 18.1. The third-order valence-corrected chi connectivity index (χ3v) is 3.59. The Kier molecular flexibility index (Phi) is 3.21. The smallest absolute Gasteiger partial charge is 0.178 e. The van der Waals surface area contributed by atoms with Crippen LogP contribution in [0.1, 0.15) is 23.5 Å². The number of nitrogens with zero attached hydrogens (tertiary/aromatic N) is 4. The van der Waals surface area contributed by atoms with Gasteiger partial charge >= 0.3 is 0 Å². The van der Waals surface area contributed by atoms with Crippen LogP contribution in [0.5, 0.6) is 0 Å². The molecule has 2 aromatic heterocycles. The molecule has 0 aromatic carbocycles. The van der Waals surface area contributed by atoms with Gasteiger partial charge in [-0.3, -0.25) is 0 Å². The van der Waals surface area contributed by atoms with Crippen molar-refractivity contribution < 1.29 is 0 Å². The van der Waals surface area contributed by atoms with Crippen molar-refractivity contribution >= 4 is 0 Å². The second-order valence-corrected chi connectivity index (χ2v) is 5.00. The summed E-state index contributed by atoms with van der Waals surface area (Å²) >= 11 is 0. The molecule has 0 saturated heterocycles. The lowest BCUT2D eigenvalue weighted by Gasteiger charge is -2.22. The molecule has 0 saturated carbocycles. The van der Waals surface area contributed by atoms with E-state index >= 15 is 0 Å². The van der Waals surface area contributed by atoms with E-state index in [9.17, 15) is 0 Å². The molecule has 1 aliphatic rings. The molecule has 3 rings (SSSR count). The molecule has 1 atom stereocenters. The molecule has 0 bridgehead atoms. The van der Waals surface area contributed by atoms with Gasteiger partial charge in [-0.1, -0.05) is 0 Å². The zero-order valence-corrected chi connectivity index (χ0v) is 11.0. The summed E-state index contributed by atoms with van der Waals surface area (Å²) in [6.45, 7) is 2.61. The number of nitrogens with two attached hydrogens (primary N) is 1. The lowest BCUT2D eigenvalue weighted by molar-refractivity contribution is 0.462. The van der Waals surface area contributed by atoms with Crippen LogP contribution in [-0.2, 0) is 12.8 Å². The fraction of sp³-hybridized carbons (Fsp3) is 0.429. The van der Waals surface area contributed by atoms with Gasteiger partial charge in [-0.25, -0.2) is 19.9 Å². The zero-order valence-electron chi connectivity index (χ0n) is 11.0. The van der Waals surface area contributed by atoms with Gasteiger partial charge in [0.15, 0.2) is 5.82 Å². The van der Waals surface area contributed by atoms with E-state index in [4.69, 9.17) is 5.73 Å². The van der Waals surface area contributed by atoms with Crippen LogP contribution < -0.4 is 5.73 Å². The minimum atomic E-state index is 0.572. The monoisotopic (exact) mass is 255 g/mol. The maximum atomic E-state index is 5.74. The van der Waals surface area contributed by atoms with Gasteiger partial charge in [-0.2, -0.15) is 0 Å². The largest absolute Gasteiger partial charge is 0.330 e. The van der Waals surface area contributed by atoms with Crippen LogP contribution in [0.2, 0.25) is 0 Å². The highest BCUT2D eigenvalue weighted by molar-refractivity contribution is 5.49. The Hall–Kier alpha value is -1.88. The Morgan fingerprint density at radius 1 is 1.32 bits per heavy atom. The minimum Gasteiger partial charge on any atom is -0.330 e. The first-order valence-corrected chi connectivity index (χ1v) is 6.61. The van der Waals surface area contributed by atoms with Crippen LogP contribution in [0.3, 0.4) is 0 Å². The molecule has 98 valence electrons. The Morgan fingerprint density at radius 3 is 3.00 bits per heavy atom. The molecule has 0 fully saturated rings. The molecule has 1 aliphatic carbocycles. The minimum absolute atomic E-state index is 0.572. The van der Waals surface area contributed by atoms with Crippen LogP contribution in [0.25, 0.3) is 11.5 Å². The third kappa shape index (κ3) is 2.46. The molecule has 2 N–H and O–H groups in total. The Morgan fingerprint density at radius 2 is 2.21 bits per heavy atom. The Labute approximate surface area is 112 Å². The molecular formula is C14H17N5. The van der Waals surface area contributed by atoms with E-state index in [-0.39, 0.29) is 0 Å². The van der Waals surface area contributed by atoms with E-state index in [1.54, 1.807) is 6.20 Å². The van der Waals surface area contributed by atoms with Gasteiger partial charge in [0.1, 0.15) is 11.5 Å². The Bertz CT molecular complexity index is 596. The van der Waals surface area contributed by atoms with Crippen molar-refractivity contribution in [3.63, 3.8) is 0 Å². The van der Waals surface area contributed by atoms with E-state index in [0.29, 0.717) is 11.7 Å². The highest BCUT2D eigenvalue weighted by Crippen LogP contribution is 2.24. The van der Waals surface area contributed by atoms with Crippen molar-refractivity contribution in [2.24, 2.45) is 11.7 Å². The van der Waals surface area contributed by atoms with Crippen LogP contribution in [0.15, 0.2) is 18.5 Å². The van der Waals surface area contributed by atoms with Gasteiger partial charge in [0.2, 0.25) is 0 Å². The average Bonchev–Trinajstić information content (AvgIpc) is 2.46. The predicted molar refractivity (Wildman–Crippen MR) is 72.4 cm³/mol. The van der Waals surface area contributed by atoms with E-state index in [2.05, 4.69) is 19.9 Å². The predicted octanol–water partition coefficient (Wildman–Crippen LogP) is 1.31. The van der Waals surface area contributed by atoms with Crippen LogP contribution >= 0.6 is 0 Å². The van der Waals surface area contributed by atoms with Crippen LogP contribution in [0, 0.1) is 12.8 Å². The lowest BCUT2D eigenvalue weighted by atomic mass is 9.87. The van der Waals surface area contributed by atoms with E-state index in [0.717, 1.165) is 43.0 Å². The van der Waals surface area contributed by atoms with E-state index in [1.807, 2.05) is 19.2 Å². The molecule has 0 radical (unpaired) electrons. The fourth-order valence-electron chi connectivity index (χ4n) is 2.49. The summed E-state index contributed by atoms with van der Waals surface area (Å²) in [6, 6.07) is 1.85. The SMILES string of the molecule is Cc1nccc(-c2ncc3c(n2)CCC(CN)C3)n1. The topological polar surface area (TPSA) is 77.6 Å². The second kappa shape index (κ2) is 5.01. The number of hydrogen-bond donors (Lipinski definition) is 1. The van der Waals surface area contributed by atoms with Gasteiger partial charge in [0.05, 0.1) is 0 Å². The Balaban J connectivity index is 1.94. The molecule has 2 heterocycles. The molecule has 1 unspecified atom stereocenters. The van der Waals surface area contributed by atoms with Gasteiger partial charge in [0, 0.05) is 18.1 Å². The van der Waals surface area contributed by atoms with Gasteiger partial charge in [-0.15, -0.1) is 0 Å². The lowest BCUT2D eigenvalue weighted by Crippen LogP contribution is -2.23. The molecule has 19 heavy (non-hydrogen) atoms. The number of aryl methyl sites for hydroxylation is 2. The highest BCUT2D eigenvalue weighted by Gasteiger charge is 2.19. The van der Waals surface area contributed by atoms with Crippen molar-refractivity contribution in [1.82, 2.24) is 19.9 Å². The number of aromatic nitrogens is 4. The first kappa shape index (κ1) is 12.2. The van der Waals surface area contributed by atoms with Crippen LogP contribution in [-0.4, -0.2) is 26.5 Å². The summed E-state index contributed by atoms with van der Waals surface area (Å²) in [5, 5.41) is 0. The quantitative estimate of drug-likeness (QED) is 0.875. The zero-order chi connectivity index (χ0) is 13.2. The summed E-state index contributed by atoms with van der Waals surface area (Å²) < 4.78 is 0. The maximum absolute atomic E-state index is 5.74. The average molecular weight is 255 g/mol. The van der Waals surface area contributed by atoms with Gasteiger partial charge in [-0.05, 0) is 50.3 Å². The first-order valence-electron chi connectivity index (χ1n) is 6.61. The van der Waals surface area contributed by atoms with Crippen LogP contribution in [0.4, 0.5) is 0 Å². The summed E-state index contributed by atoms with van der Waals surface area (Å²) in [5.74, 6) is 2.00. The molecule has 0 aliphatic heterocycles. The fourth-order valence-corrected chi connectivity index (χ4v) is 2.49. The summed E-state index contributed by atoms with van der Waals surface area (Å²) in [7, 11) is 0. The van der Waals surface area contributed by atoms with Crippen molar-refractivity contribution in [3.05, 3.63) is 35.5 Å². The summed E-state index contributed by atoms with van der Waals surface area (Å²) in [6.07, 6.45) is 6.76. The highest BCUT2D eigenvalue weighted by atomic mass is 14.9. The third-order valence-electron chi connectivity index (χ3n) is 3.59. The maximum Gasteiger partial charge on any atom is 0.178 e. The molecule has 0 amide bonds. The van der Waals surface area contributed by atoms with E-state index in [1.165, 1.54) is 5.56 Å². The van der Waals surface area contributed by atoms with Crippen molar-refractivity contribution in [2.75, 3.05) is 6.54 Å². The van der Waals surface area contributed by atoms with Crippen molar-refractivity contribution in [3.8, 4) is 11.5 Å². The van der Waals surface area contributed by atoms with E-state index < -0.39 is 0 Å². The number of rotatable bonds is 2.